The van der Waals surface area contributed by atoms with Crippen molar-refractivity contribution in [2.45, 2.75) is 33.1 Å². The molecule has 0 fully saturated rings. The van der Waals surface area contributed by atoms with Crippen LogP contribution in [0.3, 0.4) is 0 Å². The Morgan fingerprint density at radius 3 is 2.39 bits per heavy atom. The maximum absolute atomic E-state index is 13.1. The molecule has 0 amide bonds. The molecule has 128 valence electrons. The molecule has 0 radical (unpaired) electrons. The van der Waals surface area contributed by atoms with E-state index >= 15 is 0 Å². The SMILES string of the molecule is C=CCCC/C(=N/OP(=O)(OCC)OCC)c1ccc(F)cc1. The fourth-order valence-electron chi connectivity index (χ4n) is 1.80. The van der Waals surface area contributed by atoms with Crippen molar-refractivity contribution in [3.05, 3.63) is 48.3 Å². The van der Waals surface area contributed by atoms with Gasteiger partial charge in [0.05, 0.1) is 18.9 Å². The molecular weight excluding hydrogens is 320 g/mol. The van der Waals surface area contributed by atoms with Crippen molar-refractivity contribution in [3.63, 3.8) is 0 Å². The smallest absolute Gasteiger partial charge is 0.292 e. The molecule has 0 atom stereocenters. The number of halogens is 1. The third-order valence-electron chi connectivity index (χ3n) is 2.82. The summed E-state index contributed by atoms with van der Waals surface area (Å²) in [6, 6.07) is 5.86. The lowest BCUT2D eigenvalue weighted by atomic mass is 10.0. The van der Waals surface area contributed by atoms with Crippen molar-refractivity contribution in [2.24, 2.45) is 5.16 Å². The Kier molecular flexibility index (Phi) is 8.77. The number of hydrogen-bond acceptors (Lipinski definition) is 5. The zero-order valence-electron chi connectivity index (χ0n) is 13.5. The van der Waals surface area contributed by atoms with E-state index in [0.29, 0.717) is 17.7 Å². The van der Waals surface area contributed by atoms with Crippen LogP contribution in [0, 0.1) is 5.82 Å². The Hall–Kier alpha value is -1.49. The maximum Gasteiger partial charge on any atom is 0.550 e. The fourth-order valence-corrected chi connectivity index (χ4v) is 2.80. The number of allylic oxidation sites excluding steroid dienone is 1. The highest BCUT2D eigenvalue weighted by molar-refractivity contribution is 7.48. The summed E-state index contributed by atoms with van der Waals surface area (Å²) in [6.45, 7) is 7.39. The van der Waals surface area contributed by atoms with E-state index in [1.807, 2.05) is 0 Å². The highest BCUT2D eigenvalue weighted by Crippen LogP contribution is 2.49. The molecule has 1 aromatic rings. The van der Waals surface area contributed by atoms with Gasteiger partial charge in [-0.1, -0.05) is 23.4 Å². The van der Waals surface area contributed by atoms with Crippen LogP contribution in [0.25, 0.3) is 0 Å². The Balaban J connectivity index is 2.95. The topological polar surface area (TPSA) is 57.1 Å². The second-order valence-corrected chi connectivity index (χ2v) is 6.16. The third kappa shape index (κ3) is 7.08. The minimum absolute atomic E-state index is 0.176. The maximum atomic E-state index is 13.1. The molecule has 7 heteroatoms. The summed E-state index contributed by atoms with van der Waals surface area (Å²) in [6.07, 6.45) is 3.95. The molecule has 5 nitrogen and oxygen atoms in total. The molecule has 0 aliphatic heterocycles. The van der Waals surface area contributed by atoms with E-state index in [4.69, 9.17) is 13.7 Å². The first-order valence-corrected chi connectivity index (χ1v) is 9.02. The Bertz CT molecular complexity index is 550. The van der Waals surface area contributed by atoms with Crippen molar-refractivity contribution >= 4 is 13.5 Å². The first-order valence-electron chi connectivity index (χ1n) is 7.56. The zero-order valence-corrected chi connectivity index (χ0v) is 14.4. The number of phosphoric ester groups is 1. The van der Waals surface area contributed by atoms with E-state index in [1.165, 1.54) is 12.1 Å². The largest absolute Gasteiger partial charge is 0.550 e. The molecule has 1 rings (SSSR count). The minimum atomic E-state index is -3.72. The summed E-state index contributed by atoms with van der Waals surface area (Å²) in [5.41, 5.74) is 1.24. The van der Waals surface area contributed by atoms with Gasteiger partial charge in [-0.05, 0) is 50.8 Å². The van der Waals surface area contributed by atoms with Gasteiger partial charge in [-0.2, -0.15) is 0 Å². The van der Waals surface area contributed by atoms with Gasteiger partial charge in [0.1, 0.15) is 5.82 Å². The third-order valence-corrected chi connectivity index (χ3v) is 4.26. The van der Waals surface area contributed by atoms with E-state index in [1.54, 1.807) is 32.1 Å². The molecule has 23 heavy (non-hydrogen) atoms. The van der Waals surface area contributed by atoms with Crippen LogP contribution in [0.1, 0.15) is 38.7 Å². The average Bonchev–Trinajstić information content (AvgIpc) is 2.52. The van der Waals surface area contributed by atoms with E-state index in [2.05, 4.69) is 11.7 Å². The molecule has 1 aromatic carbocycles. The molecule has 0 unspecified atom stereocenters. The number of benzene rings is 1. The van der Waals surface area contributed by atoms with Gasteiger partial charge in [0.15, 0.2) is 0 Å². The number of unbranched alkanes of at least 4 members (excludes halogenated alkanes) is 1. The zero-order chi connectivity index (χ0) is 17.1. The van der Waals surface area contributed by atoms with Crippen molar-refractivity contribution in [2.75, 3.05) is 13.2 Å². The van der Waals surface area contributed by atoms with Crippen molar-refractivity contribution in [1.29, 1.82) is 0 Å². The van der Waals surface area contributed by atoms with Crippen LogP contribution in [0.2, 0.25) is 0 Å². The van der Waals surface area contributed by atoms with Gasteiger partial charge in [-0.3, -0.25) is 13.7 Å². The molecule has 0 bridgehead atoms. The van der Waals surface area contributed by atoms with E-state index in [9.17, 15) is 8.96 Å². The minimum Gasteiger partial charge on any atom is -0.292 e. The van der Waals surface area contributed by atoms with Gasteiger partial charge in [0.25, 0.3) is 0 Å². The van der Waals surface area contributed by atoms with Gasteiger partial charge in [-0.15, -0.1) is 6.58 Å². The number of phosphoric acid groups is 1. The lowest BCUT2D eigenvalue weighted by Crippen LogP contribution is -2.04. The number of hydrogen-bond donors (Lipinski definition) is 0. The van der Waals surface area contributed by atoms with Crippen molar-refractivity contribution in [1.82, 2.24) is 0 Å². The summed E-state index contributed by atoms with van der Waals surface area (Å²) in [5.74, 6) is -0.339. The molecule has 0 aromatic heterocycles. The molecular formula is C16H23FNO4P. The summed E-state index contributed by atoms with van der Waals surface area (Å²) >= 11 is 0. The van der Waals surface area contributed by atoms with Crippen LogP contribution in [0.15, 0.2) is 42.1 Å². The molecule has 0 saturated heterocycles. The van der Waals surface area contributed by atoms with E-state index in [-0.39, 0.29) is 19.0 Å². The molecule has 0 N–H and O–H groups in total. The van der Waals surface area contributed by atoms with Gasteiger partial charge in [0.2, 0.25) is 0 Å². The van der Waals surface area contributed by atoms with Gasteiger partial charge >= 0.3 is 7.82 Å². The van der Waals surface area contributed by atoms with Crippen LogP contribution < -0.4 is 0 Å². The predicted molar refractivity (Wildman–Crippen MR) is 88.9 cm³/mol. The van der Waals surface area contributed by atoms with Crippen molar-refractivity contribution in [3.8, 4) is 0 Å². The normalized spacial score (nSPS) is 12.2. The quantitative estimate of drug-likeness (QED) is 0.185. The second kappa shape index (κ2) is 10.3. The first kappa shape index (κ1) is 19.6. The highest BCUT2D eigenvalue weighted by atomic mass is 31.2. The van der Waals surface area contributed by atoms with Gasteiger partial charge in [-0.25, -0.2) is 8.96 Å². The highest BCUT2D eigenvalue weighted by Gasteiger charge is 2.27. The molecule has 0 aliphatic rings. The Morgan fingerprint density at radius 2 is 1.87 bits per heavy atom. The van der Waals surface area contributed by atoms with Crippen LogP contribution in [0.4, 0.5) is 4.39 Å². The summed E-state index contributed by atoms with van der Waals surface area (Å²) in [5, 5.41) is 3.95. The lowest BCUT2D eigenvalue weighted by molar-refractivity contribution is 0.124. The number of oxime groups is 1. The lowest BCUT2D eigenvalue weighted by Gasteiger charge is -2.14. The summed E-state index contributed by atoms with van der Waals surface area (Å²) < 4.78 is 40.5. The van der Waals surface area contributed by atoms with Crippen LogP contribution in [-0.2, 0) is 18.2 Å². The standard InChI is InChI=1S/C16H23FNO4P/c1-4-7-8-9-16(14-10-12-15(17)13-11-14)18-22-23(19,20-5-2)21-6-3/h4,10-13H,1,5-9H2,2-3H3/b18-16-. The molecule has 0 aliphatic carbocycles. The average molecular weight is 343 g/mol. The van der Waals surface area contributed by atoms with E-state index in [0.717, 1.165) is 12.8 Å². The first-order chi connectivity index (χ1) is 11.0. The van der Waals surface area contributed by atoms with Gasteiger partial charge < -0.3 is 0 Å². The predicted octanol–water partition coefficient (Wildman–Crippen LogP) is 5.08. The number of nitrogens with zero attached hydrogens (tertiary/aromatic N) is 1. The van der Waals surface area contributed by atoms with E-state index < -0.39 is 7.82 Å². The monoisotopic (exact) mass is 343 g/mol. The summed E-state index contributed by atoms with van der Waals surface area (Å²) in [4.78, 5) is 0. The van der Waals surface area contributed by atoms with Gasteiger partial charge in [0, 0.05) is 0 Å². The second-order valence-electron chi connectivity index (χ2n) is 4.59. The number of rotatable bonds is 11. The van der Waals surface area contributed by atoms with Crippen LogP contribution in [0.5, 0.6) is 0 Å². The Morgan fingerprint density at radius 1 is 1.26 bits per heavy atom. The van der Waals surface area contributed by atoms with Crippen molar-refractivity contribution < 1.29 is 22.6 Å². The molecule has 0 saturated carbocycles. The summed E-state index contributed by atoms with van der Waals surface area (Å²) in [7, 11) is -3.72. The fraction of sp³-hybridized carbons (Fsp3) is 0.438. The molecule has 0 heterocycles. The van der Waals surface area contributed by atoms with Crippen LogP contribution >= 0.6 is 7.82 Å². The van der Waals surface area contributed by atoms with Crippen LogP contribution in [-0.4, -0.2) is 18.9 Å². The Labute approximate surface area is 136 Å². The molecule has 0 spiro atoms.